The van der Waals surface area contributed by atoms with Gasteiger partial charge < -0.3 is 10.0 Å². The van der Waals surface area contributed by atoms with Gasteiger partial charge in [-0.2, -0.15) is 0 Å². The molecule has 2 atom stereocenters. The molecule has 1 heterocycles. The van der Waals surface area contributed by atoms with Gasteiger partial charge in [-0.15, -0.1) is 0 Å². The fourth-order valence-electron chi connectivity index (χ4n) is 0.918. The molecule has 62 valence electrons. The zero-order chi connectivity index (χ0) is 11.1. The third-order valence-corrected chi connectivity index (χ3v) is 1.53. The zero-order valence-electron chi connectivity index (χ0n) is 8.45. The molecule has 4 nitrogen and oxygen atoms in total. The van der Waals surface area contributed by atoms with E-state index in [1.54, 1.807) is 0 Å². The number of likely N-dealkylation sites (N-methyl/N-ethyl adjacent to an activating group) is 1. The van der Waals surface area contributed by atoms with Gasteiger partial charge in [-0.05, 0) is 0 Å². The maximum absolute atomic E-state index is 12.8. The Bertz CT molecular complexity index is 280. The summed E-state index contributed by atoms with van der Waals surface area (Å²) in [5.41, 5.74) is 0. The lowest BCUT2D eigenvalue weighted by molar-refractivity contribution is -0.145. The van der Waals surface area contributed by atoms with E-state index in [2.05, 4.69) is 0 Å². The summed E-state index contributed by atoms with van der Waals surface area (Å²) < 4.78 is 33.4. The number of nitrogens with zero attached hydrogens (tertiary/aromatic N) is 1. The summed E-state index contributed by atoms with van der Waals surface area (Å²) >= 11 is 0. The van der Waals surface area contributed by atoms with Crippen molar-refractivity contribution < 1.29 is 23.2 Å². The fourth-order valence-corrected chi connectivity index (χ4v) is 0.918. The number of carbonyl (C=O) groups is 2. The Morgan fingerprint density at radius 3 is 3.00 bits per heavy atom. The highest BCUT2D eigenvalue weighted by atomic mass is 19.1. The lowest BCUT2D eigenvalue weighted by atomic mass is 10.2. The van der Waals surface area contributed by atoms with Gasteiger partial charge in [0.25, 0.3) is 5.91 Å². The topological polar surface area (TPSA) is 57.6 Å². The van der Waals surface area contributed by atoms with E-state index in [1.807, 2.05) is 0 Å². The van der Waals surface area contributed by atoms with E-state index >= 15 is 0 Å². The third-order valence-electron chi connectivity index (χ3n) is 1.53. The second kappa shape index (κ2) is 2.48. The van der Waals surface area contributed by atoms with Crippen LogP contribution in [0.4, 0.5) is 4.39 Å². The van der Waals surface area contributed by atoms with Crippen molar-refractivity contribution in [2.24, 2.45) is 0 Å². The van der Waals surface area contributed by atoms with Crippen LogP contribution in [0.2, 0.25) is 0 Å². The predicted octanol–water partition coefficient (Wildman–Crippen LogP) is -0.360. The number of alkyl halides is 1. The second-order valence-electron chi connectivity index (χ2n) is 2.27. The molecule has 1 aliphatic heterocycles. The van der Waals surface area contributed by atoms with Gasteiger partial charge in [0, 0.05) is 17.5 Å². The Balaban J connectivity index is 2.99. The van der Waals surface area contributed by atoms with Gasteiger partial charge >= 0.3 is 5.97 Å². The first-order valence-electron chi connectivity index (χ1n) is 4.45. The predicted molar refractivity (Wildman–Crippen MR) is 33.7 cm³/mol. The number of hydrogen-bond acceptors (Lipinski definition) is 2. The van der Waals surface area contributed by atoms with Crippen LogP contribution < -0.4 is 0 Å². The highest BCUT2D eigenvalue weighted by Crippen LogP contribution is 2.19. The summed E-state index contributed by atoms with van der Waals surface area (Å²) in [6.07, 6.45) is -2.64. The number of aliphatic carboxylic acids is 1. The average Bonchev–Trinajstić information content (AvgIpc) is 2.27. The van der Waals surface area contributed by atoms with Crippen LogP contribution in [0.1, 0.15) is 10.5 Å². The highest BCUT2D eigenvalue weighted by molar-refractivity contribution is 5.90. The van der Waals surface area contributed by atoms with Crippen LogP contribution in [-0.4, -0.2) is 41.1 Å². The Morgan fingerprint density at radius 1 is 2.00 bits per heavy atom. The minimum Gasteiger partial charge on any atom is -0.480 e. The molecule has 0 unspecified atom stereocenters. The monoisotopic (exact) mass is 164 g/mol. The summed E-state index contributed by atoms with van der Waals surface area (Å²) in [7, 11) is 0. The van der Waals surface area contributed by atoms with Crippen LogP contribution in [0.3, 0.4) is 0 Å². The Labute approximate surface area is 66.8 Å². The van der Waals surface area contributed by atoms with Gasteiger partial charge in [0.2, 0.25) is 0 Å². The van der Waals surface area contributed by atoms with E-state index in [0.29, 0.717) is 0 Å². The van der Waals surface area contributed by atoms with Gasteiger partial charge in [0.1, 0.15) is 6.04 Å². The van der Waals surface area contributed by atoms with Crippen LogP contribution in [-0.2, 0) is 9.59 Å². The van der Waals surface area contributed by atoms with Crippen LogP contribution in [0.5, 0.6) is 0 Å². The van der Waals surface area contributed by atoms with Gasteiger partial charge in [0.05, 0.1) is 0 Å². The van der Waals surface area contributed by atoms with Gasteiger partial charge in [-0.3, -0.25) is 4.79 Å². The van der Waals surface area contributed by atoms with Crippen LogP contribution >= 0.6 is 0 Å². The van der Waals surface area contributed by atoms with Crippen molar-refractivity contribution in [3.8, 4) is 0 Å². The molecule has 1 rings (SSSR count). The molecule has 1 N–H and O–H groups in total. The third kappa shape index (κ3) is 1.18. The Morgan fingerprint density at radius 2 is 2.64 bits per heavy atom. The lowest BCUT2D eigenvalue weighted by Crippen LogP contribution is -2.35. The number of amides is 1. The number of hydrogen-bond donors (Lipinski definition) is 1. The largest absolute Gasteiger partial charge is 0.480 e. The lowest BCUT2D eigenvalue weighted by Gasteiger charge is -2.13. The number of halogens is 1. The summed E-state index contributed by atoms with van der Waals surface area (Å²) in [4.78, 5) is 21.6. The molecule has 11 heavy (non-hydrogen) atoms. The van der Waals surface area contributed by atoms with Crippen molar-refractivity contribution in [1.82, 2.24) is 4.90 Å². The first kappa shape index (κ1) is 4.69. The molecular formula is C6H8FNO3. The number of likely N-dealkylation sites (tertiary alicyclic amines) is 1. The summed E-state index contributed by atoms with van der Waals surface area (Å²) in [6, 6.07) is -1.59. The molecule has 0 spiro atoms. The smallest absolute Gasteiger partial charge is 0.326 e. The molecule has 0 aliphatic carbocycles. The summed E-state index contributed by atoms with van der Waals surface area (Å²) in [6.45, 7) is -2.90. The molecule has 0 aromatic rings. The van der Waals surface area contributed by atoms with E-state index in [9.17, 15) is 14.0 Å². The molecule has 1 amide bonds. The highest BCUT2D eigenvalue weighted by Gasteiger charge is 2.41. The van der Waals surface area contributed by atoms with Crippen molar-refractivity contribution in [3.63, 3.8) is 0 Å². The van der Waals surface area contributed by atoms with Gasteiger partial charge in [0.15, 0.2) is 6.17 Å². The molecule has 0 radical (unpaired) electrons. The van der Waals surface area contributed by atoms with E-state index in [1.165, 1.54) is 0 Å². The molecule has 5 heteroatoms. The molecule has 0 saturated carbocycles. The first-order valence-corrected chi connectivity index (χ1v) is 2.95. The Kier molecular flexibility index (Phi) is 1.06. The molecule has 0 bridgehead atoms. The minimum atomic E-state index is -2.90. The van der Waals surface area contributed by atoms with Crippen molar-refractivity contribution >= 4 is 11.9 Å². The number of carboxylic acid groups (broad SMARTS) is 1. The first-order chi connectivity index (χ1) is 6.25. The quantitative estimate of drug-likeness (QED) is 0.575. The summed E-state index contributed by atoms with van der Waals surface area (Å²) in [5, 5.41) is 8.57. The number of carboxylic acids is 1. The van der Waals surface area contributed by atoms with E-state index < -0.39 is 37.5 Å². The van der Waals surface area contributed by atoms with E-state index in [-0.39, 0.29) is 4.90 Å². The van der Waals surface area contributed by atoms with Crippen molar-refractivity contribution in [3.05, 3.63) is 0 Å². The van der Waals surface area contributed by atoms with Gasteiger partial charge in [-0.25, -0.2) is 9.18 Å². The van der Waals surface area contributed by atoms with E-state index in [0.717, 1.165) is 0 Å². The maximum atomic E-state index is 12.8. The molecule has 0 aromatic heterocycles. The zero-order valence-corrected chi connectivity index (χ0v) is 5.45. The molecular weight excluding hydrogens is 153 g/mol. The van der Waals surface area contributed by atoms with Crippen LogP contribution in [0.25, 0.3) is 0 Å². The fraction of sp³-hybridized carbons (Fsp3) is 0.667. The number of rotatable bonds is 1. The van der Waals surface area contributed by atoms with Crippen LogP contribution in [0.15, 0.2) is 0 Å². The van der Waals surface area contributed by atoms with Crippen LogP contribution in [0, 0.1) is 0 Å². The Hall–Kier alpha value is -1.13. The second-order valence-corrected chi connectivity index (χ2v) is 2.27. The molecule has 0 aromatic carbocycles. The minimum absolute atomic E-state index is 0.111. The molecule has 1 aliphatic rings. The van der Waals surface area contributed by atoms with Crippen molar-refractivity contribution in [1.29, 1.82) is 0 Å². The summed E-state index contributed by atoms with van der Waals surface area (Å²) in [5.74, 6) is -2.79. The van der Waals surface area contributed by atoms with E-state index in [4.69, 9.17) is 9.22 Å². The molecule has 1 fully saturated rings. The molecule has 1 saturated heterocycles. The standard InChI is InChI=1S/C6H8FNO3/c1-8-4(6(10)11)2-3(7)5(8)9/h3-4H,2H2,1H3,(H,10,11)/t3-,4-/m0/s1/i1D3. The maximum Gasteiger partial charge on any atom is 0.326 e. The number of carbonyl (C=O) groups excluding carboxylic acids is 1. The average molecular weight is 164 g/mol. The normalized spacial score (nSPS) is 36.3. The van der Waals surface area contributed by atoms with Crippen molar-refractivity contribution in [2.75, 3.05) is 6.98 Å². The van der Waals surface area contributed by atoms with Crippen molar-refractivity contribution in [2.45, 2.75) is 18.6 Å². The SMILES string of the molecule is [2H]C([2H])([2H])N1C(=O)[C@@H](F)C[C@H]1C(=O)O. The van der Waals surface area contributed by atoms with Gasteiger partial charge in [-0.1, -0.05) is 0 Å².